The molecule has 256 valence electrons. The van der Waals surface area contributed by atoms with E-state index in [1.165, 1.54) is 6.92 Å². The number of carbonyl (C=O) groups is 1. The summed E-state index contributed by atoms with van der Waals surface area (Å²) < 4.78 is 33.0. The first-order chi connectivity index (χ1) is 22.1. The molecule has 0 saturated carbocycles. The fraction of sp³-hybridized carbons (Fsp3) is 0.448. The molecule has 10 atom stereocenters. The van der Waals surface area contributed by atoms with Crippen molar-refractivity contribution in [1.29, 1.82) is 0 Å². The van der Waals surface area contributed by atoms with Crippen molar-refractivity contribution >= 4 is 16.9 Å². The van der Waals surface area contributed by atoms with Gasteiger partial charge >= 0.3 is 5.97 Å². The highest BCUT2D eigenvalue weighted by molar-refractivity contribution is 5.93. The minimum atomic E-state index is -1.90. The molecule has 5 rings (SSSR count). The van der Waals surface area contributed by atoms with E-state index < -0.39 is 131 Å². The number of aliphatic hydroxyl groups excluding tert-OH is 6. The van der Waals surface area contributed by atoms with Gasteiger partial charge in [-0.1, -0.05) is 0 Å². The minimum Gasteiger partial charge on any atom is -0.507 e. The van der Waals surface area contributed by atoms with E-state index in [1.807, 2.05) is 0 Å². The SMILES string of the molecule is CC(=O)OC1C(Oc2c(-c3ccc(O)c(O)c3)oc3c(O)c(OC4OC(C)C(O)C(O)C4O)cc(O)c3c2=O)OC(CO)C(O)C1O. The number of carbonyl (C=O) groups excluding carboxylic acids is 1. The molecule has 2 saturated heterocycles. The smallest absolute Gasteiger partial charge is 0.303 e. The van der Waals surface area contributed by atoms with Gasteiger partial charge in [-0.15, -0.1) is 0 Å². The number of benzene rings is 2. The van der Waals surface area contributed by atoms with Gasteiger partial charge in [0, 0.05) is 18.6 Å². The minimum absolute atomic E-state index is 0.171. The summed E-state index contributed by atoms with van der Waals surface area (Å²) in [6.07, 6.45) is -16.6. The molecule has 0 aliphatic carbocycles. The lowest BCUT2D eigenvalue weighted by Gasteiger charge is -2.41. The van der Waals surface area contributed by atoms with Gasteiger partial charge in [0.05, 0.1) is 12.7 Å². The molecular formula is C29H32O18. The van der Waals surface area contributed by atoms with Crippen molar-refractivity contribution < 1.29 is 84.0 Å². The molecule has 0 bridgehead atoms. The predicted octanol–water partition coefficient (Wildman–Crippen LogP) is -1.76. The highest BCUT2D eigenvalue weighted by atomic mass is 16.7. The van der Waals surface area contributed by atoms with Crippen LogP contribution in [0.15, 0.2) is 33.5 Å². The Labute approximate surface area is 263 Å². The first-order valence-electron chi connectivity index (χ1n) is 14.0. The Morgan fingerprint density at radius 3 is 2.17 bits per heavy atom. The Hall–Kier alpha value is -4.40. The molecule has 2 aliphatic rings. The zero-order valence-electron chi connectivity index (χ0n) is 24.5. The van der Waals surface area contributed by atoms with Gasteiger partial charge in [-0.3, -0.25) is 9.59 Å². The molecule has 10 unspecified atom stereocenters. The number of fused-ring (bicyclic) bond motifs is 1. The second-order valence-corrected chi connectivity index (χ2v) is 10.9. The highest BCUT2D eigenvalue weighted by Crippen LogP contribution is 2.45. The number of hydrogen-bond donors (Lipinski definition) is 10. The lowest BCUT2D eigenvalue weighted by atomic mass is 9.99. The zero-order valence-corrected chi connectivity index (χ0v) is 24.5. The van der Waals surface area contributed by atoms with Crippen LogP contribution in [0.1, 0.15) is 13.8 Å². The Bertz CT molecular complexity index is 1700. The topological polar surface area (TPSA) is 296 Å². The van der Waals surface area contributed by atoms with E-state index in [0.29, 0.717) is 0 Å². The molecule has 0 amide bonds. The summed E-state index contributed by atoms with van der Waals surface area (Å²) in [4.78, 5) is 25.8. The van der Waals surface area contributed by atoms with E-state index in [9.17, 15) is 60.7 Å². The van der Waals surface area contributed by atoms with Crippen molar-refractivity contribution in [2.75, 3.05) is 6.61 Å². The molecule has 10 N–H and O–H groups in total. The van der Waals surface area contributed by atoms with Crippen molar-refractivity contribution in [2.24, 2.45) is 0 Å². The summed E-state index contributed by atoms with van der Waals surface area (Å²) >= 11 is 0. The zero-order chi connectivity index (χ0) is 34.5. The highest BCUT2D eigenvalue weighted by Gasteiger charge is 2.48. The summed E-state index contributed by atoms with van der Waals surface area (Å²) in [5, 5.41) is 102. The van der Waals surface area contributed by atoms with Gasteiger partial charge in [-0.2, -0.15) is 0 Å². The van der Waals surface area contributed by atoms with E-state index in [-0.39, 0.29) is 5.56 Å². The van der Waals surface area contributed by atoms with Gasteiger partial charge in [-0.05, 0) is 25.1 Å². The summed E-state index contributed by atoms with van der Waals surface area (Å²) in [5.41, 5.74) is -2.11. The number of hydrogen-bond acceptors (Lipinski definition) is 18. The Balaban J connectivity index is 1.67. The molecule has 18 heteroatoms. The summed E-state index contributed by atoms with van der Waals surface area (Å²) in [5.74, 6) is -6.04. The summed E-state index contributed by atoms with van der Waals surface area (Å²) in [7, 11) is 0. The average molecular weight is 669 g/mol. The number of rotatable bonds is 7. The largest absolute Gasteiger partial charge is 0.507 e. The number of aliphatic hydroxyl groups is 6. The summed E-state index contributed by atoms with van der Waals surface area (Å²) in [6.45, 7) is 1.50. The maximum Gasteiger partial charge on any atom is 0.303 e. The van der Waals surface area contributed by atoms with Crippen LogP contribution >= 0.6 is 0 Å². The molecule has 1 aromatic heterocycles. The van der Waals surface area contributed by atoms with Crippen LogP contribution in [0.25, 0.3) is 22.3 Å². The molecule has 0 radical (unpaired) electrons. The molecule has 3 aromatic rings. The van der Waals surface area contributed by atoms with Crippen molar-refractivity contribution in [3.05, 3.63) is 34.5 Å². The van der Waals surface area contributed by atoms with Gasteiger partial charge in [0.2, 0.25) is 29.5 Å². The maximum atomic E-state index is 14.0. The standard InChI is InChI=1S/C29H32O18/c1-8-17(35)21(39)23(41)28(42-8)44-14-6-13(34)16-20(38)26(24(46-25(16)19(14)37)10-3-4-11(32)12(33)5-10)47-29-27(43-9(2)31)22(40)18(36)15(7-30)45-29/h3-6,8,15,17-18,21-23,27-30,32-37,39-41H,7H2,1-2H3. The van der Waals surface area contributed by atoms with Gasteiger partial charge in [0.15, 0.2) is 34.7 Å². The van der Waals surface area contributed by atoms with Crippen LogP contribution in [-0.2, 0) is 19.0 Å². The van der Waals surface area contributed by atoms with Gasteiger partial charge in [0.1, 0.15) is 47.8 Å². The molecule has 18 nitrogen and oxygen atoms in total. The third-order valence-corrected chi connectivity index (χ3v) is 7.69. The van der Waals surface area contributed by atoms with Crippen LogP contribution in [0.4, 0.5) is 0 Å². The second-order valence-electron chi connectivity index (χ2n) is 10.9. The third kappa shape index (κ3) is 6.20. The third-order valence-electron chi connectivity index (χ3n) is 7.69. The monoisotopic (exact) mass is 668 g/mol. The normalized spacial score (nSPS) is 31.0. The summed E-state index contributed by atoms with van der Waals surface area (Å²) in [6, 6.07) is 3.86. The van der Waals surface area contributed by atoms with Crippen molar-refractivity contribution in [2.45, 2.75) is 75.3 Å². The molecule has 3 heterocycles. The molecule has 0 spiro atoms. The predicted molar refractivity (Wildman–Crippen MR) is 152 cm³/mol. The van der Waals surface area contributed by atoms with Crippen LogP contribution < -0.4 is 14.9 Å². The quantitative estimate of drug-likeness (QED) is 0.0757. The van der Waals surface area contributed by atoms with E-state index in [4.69, 9.17) is 28.1 Å². The molecule has 2 fully saturated rings. The molecule has 47 heavy (non-hydrogen) atoms. The fourth-order valence-corrected chi connectivity index (χ4v) is 5.17. The number of ether oxygens (including phenoxy) is 5. The number of esters is 1. The lowest BCUT2D eigenvalue weighted by Crippen LogP contribution is -2.61. The van der Waals surface area contributed by atoms with E-state index in [1.54, 1.807) is 0 Å². The molecular weight excluding hydrogens is 636 g/mol. The maximum absolute atomic E-state index is 14.0. The van der Waals surface area contributed by atoms with E-state index in [0.717, 1.165) is 31.2 Å². The second kappa shape index (κ2) is 13.0. The lowest BCUT2D eigenvalue weighted by molar-refractivity contribution is -0.282. The Kier molecular flexibility index (Phi) is 9.40. The first-order valence-corrected chi connectivity index (χ1v) is 14.0. The first kappa shape index (κ1) is 33.9. The average Bonchev–Trinajstić information content (AvgIpc) is 3.02. The van der Waals surface area contributed by atoms with Crippen LogP contribution in [0, 0.1) is 0 Å². The van der Waals surface area contributed by atoms with Gasteiger partial charge < -0.3 is 79.2 Å². The number of phenolic OH excluding ortho intramolecular Hbond substituents is 4. The fourth-order valence-electron chi connectivity index (χ4n) is 5.17. The van der Waals surface area contributed by atoms with Crippen LogP contribution in [0.3, 0.4) is 0 Å². The molecule has 2 aliphatic heterocycles. The van der Waals surface area contributed by atoms with E-state index >= 15 is 0 Å². The van der Waals surface area contributed by atoms with Gasteiger partial charge in [-0.25, -0.2) is 0 Å². The number of aromatic hydroxyl groups is 4. The van der Waals surface area contributed by atoms with Crippen LogP contribution in [-0.4, -0.2) is 125 Å². The Morgan fingerprint density at radius 2 is 1.53 bits per heavy atom. The Morgan fingerprint density at radius 1 is 0.830 bits per heavy atom. The van der Waals surface area contributed by atoms with Gasteiger partial charge in [0.25, 0.3) is 0 Å². The van der Waals surface area contributed by atoms with E-state index in [2.05, 4.69) is 0 Å². The van der Waals surface area contributed by atoms with Crippen LogP contribution in [0.5, 0.6) is 34.5 Å². The van der Waals surface area contributed by atoms with Crippen molar-refractivity contribution in [3.8, 4) is 45.8 Å². The van der Waals surface area contributed by atoms with Crippen LogP contribution in [0.2, 0.25) is 0 Å². The van der Waals surface area contributed by atoms with Crippen molar-refractivity contribution in [3.63, 3.8) is 0 Å². The number of phenols is 4. The molecule has 2 aromatic carbocycles. The van der Waals surface area contributed by atoms with Crippen molar-refractivity contribution in [1.82, 2.24) is 0 Å².